The lowest BCUT2D eigenvalue weighted by Crippen LogP contribution is -2.66. The van der Waals surface area contributed by atoms with Gasteiger partial charge in [-0.3, -0.25) is 14.9 Å². The van der Waals surface area contributed by atoms with Crippen LogP contribution < -0.4 is 10.1 Å². The van der Waals surface area contributed by atoms with Crippen molar-refractivity contribution in [2.45, 2.75) is 68.3 Å². The minimum absolute atomic E-state index is 0.105. The van der Waals surface area contributed by atoms with Gasteiger partial charge in [-0.25, -0.2) is 0 Å². The molecule has 0 radical (unpaired) electrons. The summed E-state index contributed by atoms with van der Waals surface area (Å²) in [6.07, 6.45) is -13.6. The molecule has 0 unspecified atom stereocenters. The van der Waals surface area contributed by atoms with Crippen molar-refractivity contribution in [2.75, 3.05) is 13.2 Å². The molecule has 0 aliphatic carbocycles. The summed E-state index contributed by atoms with van der Waals surface area (Å²) in [5, 5.41) is 73.5. The van der Waals surface area contributed by atoms with Crippen molar-refractivity contribution in [3.63, 3.8) is 0 Å². The number of nitrogens with zero attached hydrogens (tertiary/aromatic N) is 1. The van der Waals surface area contributed by atoms with Gasteiger partial charge in [0.25, 0.3) is 5.69 Å². The van der Waals surface area contributed by atoms with E-state index in [2.05, 4.69) is 5.32 Å². The highest BCUT2D eigenvalue weighted by atomic mass is 16.7. The number of rotatable bonds is 8. The van der Waals surface area contributed by atoms with E-state index in [1.54, 1.807) is 0 Å². The molecule has 7 N–H and O–H groups in total. The molecule has 2 saturated heterocycles. The molecule has 1 aromatic rings. The molecule has 10 atom stereocenters. The number of carbonyl (C=O) groups excluding carboxylic acids is 1. The fourth-order valence-electron chi connectivity index (χ4n) is 3.73. The van der Waals surface area contributed by atoms with Gasteiger partial charge in [0.2, 0.25) is 12.2 Å². The summed E-state index contributed by atoms with van der Waals surface area (Å²) in [7, 11) is 0. The second kappa shape index (κ2) is 11.5. The molecule has 2 fully saturated rings. The van der Waals surface area contributed by atoms with Crippen LogP contribution in [0.1, 0.15) is 6.92 Å². The topological polar surface area (TPSA) is 231 Å². The average molecular weight is 504 g/mol. The van der Waals surface area contributed by atoms with Crippen LogP contribution in [0.4, 0.5) is 5.69 Å². The number of aliphatic hydroxyl groups is 6. The van der Waals surface area contributed by atoms with Gasteiger partial charge in [0.05, 0.1) is 18.1 Å². The first-order valence-electron chi connectivity index (χ1n) is 10.7. The molecule has 2 aliphatic rings. The second-order valence-corrected chi connectivity index (χ2v) is 8.15. The minimum Gasteiger partial charge on any atom is -0.463 e. The van der Waals surface area contributed by atoms with Gasteiger partial charge in [-0.2, -0.15) is 0 Å². The number of hydrogen-bond donors (Lipinski definition) is 7. The number of aliphatic hydroxyl groups excluding tert-OH is 6. The van der Waals surface area contributed by atoms with Crippen molar-refractivity contribution < 1.29 is 59.3 Å². The summed E-state index contributed by atoms with van der Waals surface area (Å²) in [6, 6.07) is 3.68. The van der Waals surface area contributed by atoms with Gasteiger partial charge in [0.1, 0.15) is 54.5 Å². The van der Waals surface area contributed by atoms with Crippen LogP contribution in [0.5, 0.6) is 5.75 Å². The van der Waals surface area contributed by atoms with Crippen LogP contribution in [0.2, 0.25) is 0 Å². The molecular formula is C20H28N2O13. The predicted octanol–water partition coefficient (Wildman–Crippen LogP) is -3.26. The van der Waals surface area contributed by atoms with Gasteiger partial charge in [0, 0.05) is 19.1 Å². The lowest BCUT2D eigenvalue weighted by molar-refractivity contribution is -0.384. The monoisotopic (exact) mass is 504 g/mol. The zero-order chi connectivity index (χ0) is 25.9. The van der Waals surface area contributed by atoms with Crippen LogP contribution in [0.3, 0.4) is 0 Å². The molecule has 3 rings (SSSR count). The Balaban J connectivity index is 1.72. The molecule has 1 aromatic carbocycles. The van der Waals surface area contributed by atoms with E-state index in [4.69, 9.17) is 18.9 Å². The first-order chi connectivity index (χ1) is 16.5. The van der Waals surface area contributed by atoms with E-state index in [9.17, 15) is 45.5 Å². The Morgan fingerprint density at radius 2 is 1.57 bits per heavy atom. The molecule has 0 bridgehead atoms. The molecule has 15 heteroatoms. The van der Waals surface area contributed by atoms with Crippen molar-refractivity contribution in [3.05, 3.63) is 34.4 Å². The maximum Gasteiger partial charge on any atom is 0.269 e. The Morgan fingerprint density at radius 1 is 0.971 bits per heavy atom. The van der Waals surface area contributed by atoms with Gasteiger partial charge in [-0.1, -0.05) is 0 Å². The zero-order valence-corrected chi connectivity index (χ0v) is 18.5. The maximum atomic E-state index is 11.6. The average Bonchev–Trinajstić information content (AvgIpc) is 2.82. The first kappa shape index (κ1) is 27.1. The van der Waals surface area contributed by atoms with Crippen molar-refractivity contribution in [1.82, 2.24) is 5.32 Å². The zero-order valence-electron chi connectivity index (χ0n) is 18.5. The standard InChI is InChI=1S/C20H28N2O13/c1-8(24)21-13-16(27)15(26)12(7-32-20-18(29)17(28)14(25)11(6-23)34-20)35-19(13)33-10-4-2-9(3-5-10)22(30)31/h2-5,11-20,23,25-29H,6-7H2,1H3,(H,21,24)/t11-,12-,13-,14+,15+,16-,17+,18-,19+,20-/m1/s1. The van der Waals surface area contributed by atoms with Crippen LogP contribution in [0, 0.1) is 10.1 Å². The largest absolute Gasteiger partial charge is 0.463 e. The van der Waals surface area contributed by atoms with Crippen LogP contribution in [0.15, 0.2) is 24.3 Å². The van der Waals surface area contributed by atoms with Crippen molar-refractivity contribution in [1.29, 1.82) is 0 Å². The molecule has 0 saturated carbocycles. The van der Waals surface area contributed by atoms with E-state index in [1.165, 1.54) is 31.2 Å². The van der Waals surface area contributed by atoms with Gasteiger partial charge in [-0.05, 0) is 12.1 Å². The summed E-state index contributed by atoms with van der Waals surface area (Å²) < 4.78 is 22.0. The van der Waals surface area contributed by atoms with E-state index in [0.29, 0.717) is 0 Å². The van der Waals surface area contributed by atoms with E-state index >= 15 is 0 Å². The van der Waals surface area contributed by atoms with Gasteiger partial charge in [-0.15, -0.1) is 0 Å². The predicted molar refractivity (Wildman–Crippen MR) is 112 cm³/mol. The smallest absolute Gasteiger partial charge is 0.269 e. The fourth-order valence-corrected chi connectivity index (χ4v) is 3.73. The summed E-state index contributed by atoms with van der Waals surface area (Å²) in [4.78, 5) is 21.9. The van der Waals surface area contributed by atoms with Crippen LogP contribution in [0.25, 0.3) is 0 Å². The molecule has 35 heavy (non-hydrogen) atoms. The summed E-state index contributed by atoms with van der Waals surface area (Å²) >= 11 is 0. The van der Waals surface area contributed by atoms with Crippen LogP contribution in [-0.4, -0.2) is 116 Å². The highest BCUT2D eigenvalue weighted by Crippen LogP contribution is 2.28. The number of carbonyl (C=O) groups is 1. The lowest BCUT2D eigenvalue weighted by atomic mass is 9.96. The van der Waals surface area contributed by atoms with E-state index < -0.39 is 85.4 Å². The van der Waals surface area contributed by atoms with E-state index in [-0.39, 0.29) is 11.4 Å². The molecule has 0 aromatic heterocycles. The minimum atomic E-state index is -1.70. The third-order valence-electron chi connectivity index (χ3n) is 5.64. The van der Waals surface area contributed by atoms with E-state index in [0.717, 1.165) is 0 Å². The normalized spacial score (nSPS) is 37.5. The third kappa shape index (κ3) is 6.21. The fraction of sp³-hybridized carbons (Fsp3) is 0.650. The van der Waals surface area contributed by atoms with Crippen molar-refractivity contribution >= 4 is 11.6 Å². The summed E-state index contributed by atoms with van der Waals surface area (Å²) in [5.74, 6) is -0.452. The molecule has 15 nitrogen and oxygen atoms in total. The highest BCUT2D eigenvalue weighted by molar-refractivity contribution is 5.73. The van der Waals surface area contributed by atoms with Gasteiger partial charge in [0.15, 0.2) is 6.29 Å². The Labute approximate surface area is 198 Å². The van der Waals surface area contributed by atoms with Crippen molar-refractivity contribution in [3.8, 4) is 5.75 Å². The third-order valence-corrected chi connectivity index (χ3v) is 5.64. The Hall–Kier alpha value is -2.47. The number of benzene rings is 1. The molecule has 196 valence electrons. The molecule has 2 heterocycles. The Bertz CT molecular complexity index is 869. The Morgan fingerprint density at radius 3 is 2.14 bits per heavy atom. The van der Waals surface area contributed by atoms with Gasteiger partial charge >= 0.3 is 0 Å². The summed E-state index contributed by atoms with van der Waals surface area (Å²) in [6.45, 7) is -0.000197. The molecule has 0 spiro atoms. The molecule has 1 amide bonds. The molecule has 2 aliphatic heterocycles. The number of nitro benzene ring substituents is 1. The highest BCUT2D eigenvalue weighted by Gasteiger charge is 2.48. The number of nitrogens with one attached hydrogen (secondary N) is 1. The second-order valence-electron chi connectivity index (χ2n) is 8.15. The quantitative estimate of drug-likeness (QED) is 0.136. The SMILES string of the molecule is CC(=O)N[C@H]1[C@@H](Oc2ccc([N+](=O)[O-])cc2)O[C@H](CO[C@@H]2O[C@H](CO)[C@H](O)[C@H](O)[C@H]2O)[C@H](O)[C@@H]1O. The number of nitro groups is 1. The van der Waals surface area contributed by atoms with Gasteiger partial charge < -0.3 is 54.9 Å². The number of ether oxygens (including phenoxy) is 4. The first-order valence-corrected chi connectivity index (χ1v) is 10.7. The number of hydrogen-bond acceptors (Lipinski definition) is 13. The number of amides is 1. The summed E-state index contributed by atoms with van der Waals surface area (Å²) in [5.41, 5.74) is -0.193. The maximum absolute atomic E-state index is 11.6. The lowest BCUT2D eigenvalue weighted by Gasteiger charge is -2.44. The van der Waals surface area contributed by atoms with Crippen LogP contribution in [-0.2, 0) is 19.0 Å². The number of non-ortho nitro benzene ring substituents is 1. The Kier molecular flexibility index (Phi) is 8.92. The van der Waals surface area contributed by atoms with Crippen LogP contribution >= 0.6 is 0 Å². The van der Waals surface area contributed by atoms with E-state index in [1.807, 2.05) is 0 Å². The molecular weight excluding hydrogens is 476 g/mol. The van der Waals surface area contributed by atoms with Crippen molar-refractivity contribution in [2.24, 2.45) is 0 Å².